The molecular weight excluding hydrogens is 523 g/mol. The standard InChI is InChI=1S/C25H26F3N5O4S/c1-25(2)22-18(13-33(25)38(35,36)17-11-14(26)10-15(27)12-17)23(32-31-22)30-24(34)21-19(28)4-3-5-20(21)29-16-6-8-37-9-7-16/h3-5,10-12,16,29H,6-9,13H2,1-2H3,(H2,30,31,32,34). The summed E-state index contributed by atoms with van der Waals surface area (Å²) in [4.78, 5) is 12.7. The van der Waals surface area contributed by atoms with Crippen molar-refractivity contribution in [3.8, 4) is 0 Å². The van der Waals surface area contributed by atoms with Gasteiger partial charge in [0.25, 0.3) is 5.91 Å². The monoisotopic (exact) mass is 549 g/mol. The summed E-state index contributed by atoms with van der Waals surface area (Å²) >= 11 is 0. The topological polar surface area (TPSA) is 116 Å². The lowest BCUT2D eigenvalue weighted by molar-refractivity contribution is 0.0904. The maximum atomic E-state index is 14.8. The first-order valence-electron chi connectivity index (χ1n) is 12.0. The van der Waals surface area contributed by atoms with Crippen LogP contribution in [0.1, 0.15) is 48.3 Å². The van der Waals surface area contributed by atoms with Crippen molar-refractivity contribution >= 4 is 27.4 Å². The van der Waals surface area contributed by atoms with Gasteiger partial charge in [-0.25, -0.2) is 21.6 Å². The first-order valence-corrected chi connectivity index (χ1v) is 13.4. The number of carbonyl (C=O) groups is 1. The molecule has 3 heterocycles. The SMILES string of the molecule is CC1(C)c2[nH]nc(NC(=O)c3c(F)cccc3NC3CCOCC3)c2CN1S(=O)(=O)c1cc(F)cc(F)c1. The second-order valence-electron chi connectivity index (χ2n) is 9.75. The van der Waals surface area contributed by atoms with E-state index < -0.39 is 43.8 Å². The van der Waals surface area contributed by atoms with Gasteiger partial charge in [-0.1, -0.05) is 6.07 Å². The molecular formula is C25H26F3N5O4S. The fourth-order valence-electron chi connectivity index (χ4n) is 4.89. The number of halogens is 3. The van der Waals surface area contributed by atoms with Gasteiger partial charge in [-0.05, 0) is 51.0 Å². The fourth-order valence-corrected chi connectivity index (χ4v) is 6.66. The van der Waals surface area contributed by atoms with Gasteiger partial charge in [0, 0.05) is 37.4 Å². The van der Waals surface area contributed by atoms with Crippen molar-refractivity contribution in [2.75, 3.05) is 23.8 Å². The van der Waals surface area contributed by atoms with Gasteiger partial charge in [0.1, 0.15) is 17.5 Å². The van der Waals surface area contributed by atoms with E-state index in [1.807, 2.05) is 0 Å². The fraction of sp³-hybridized carbons (Fsp3) is 0.360. The van der Waals surface area contributed by atoms with Crippen molar-refractivity contribution in [2.24, 2.45) is 0 Å². The molecule has 0 radical (unpaired) electrons. The van der Waals surface area contributed by atoms with E-state index in [9.17, 15) is 26.4 Å². The third kappa shape index (κ3) is 4.65. The number of fused-ring (bicyclic) bond motifs is 1. The van der Waals surface area contributed by atoms with Gasteiger partial charge in [0.2, 0.25) is 10.0 Å². The van der Waals surface area contributed by atoms with Crippen LogP contribution in [-0.4, -0.2) is 48.1 Å². The molecule has 0 unspecified atom stereocenters. The van der Waals surface area contributed by atoms with Crippen LogP contribution >= 0.6 is 0 Å². The molecule has 0 aliphatic carbocycles. The number of aromatic amines is 1. The number of carbonyl (C=O) groups excluding carboxylic acids is 1. The Morgan fingerprint density at radius 2 is 1.82 bits per heavy atom. The van der Waals surface area contributed by atoms with Gasteiger partial charge >= 0.3 is 0 Å². The number of benzene rings is 2. The minimum Gasteiger partial charge on any atom is -0.381 e. The molecule has 2 aromatic carbocycles. The molecule has 202 valence electrons. The largest absolute Gasteiger partial charge is 0.381 e. The van der Waals surface area contributed by atoms with Gasteiger partial charge in [0.05, 0.1) is 27.4 Å². The van der Waals surface area contributed by atoms with Crippen LogP contribution in [0.5, 0.6) is 0 Å². The molecule has 5 rings (SSSR count). The quantitative estimate of drug-likeness (QED) is 0.426. The van der Waals surface area contributed by atoms with E-state index >= 15 is 0 Å². The predicted molar refractivity (Wildman–Crippen MR) is 133 cm³/mol. The average Bonchev–Trinajstić information content (AvgIpc) is 3.37. The number of H-pyrrole nitrogens is 1. The molecule has 1 amide bonds. The highest BCUT2D eigenvalue weighted by molar-refractivity contribution is 7.89. The Balaban J connectivity index is 1.42. The molecule has 13 heteroatoms. The summed E-state index contributed by atoms with van der Waals surface area (Å²) in [6.45, 7) is 4.08. The lowest BCUT2D eigenvalue weighted by atomic mass is 10.0. The molecule has 3 aromatic rings. The summed E-state index contributed by atoms with van der Waals surface area (Å²) in [5.74, 6) is -3.52. The van der Waals surface area contributed by atoms with Crippen LogP contribution in [-0.2, 0) is 26.8 Å². The summed E-state index contributed by atoms with van der Waals surface area (Å²) in [5.41, 5.74) is -0.325. The van der Waals surface area contributed by atoms with E-state index in [2.05, 4.69) is 20.8 Å². The first kappa shape index (κ1) is 26.2. The number of hydrogen-bond acceptors (Lipinski definition) is 6. The van der Waals surface area contributed by atoms with E-state index in [-0.39, 0.29) is 24.0 Å². The van der Waals surface area contributed by atoms with E-state index in [0.29, 0.717) is 49.1 Å². The molecule has 0 saturated carbocycles. The molecule has 1 aromatic heterocycles. The Hall–Kier alpha value is -3.42. The minimum absolute atomic E-state index is 0.0129. The minimum atomic E-state index is -4.34. The molecule has 9 nitrogen and oxygen atoms in total. The number of hydrogen-bond donors (Lipinski definition) is 3. The lowest BCUT2D eigenvalue weighted by Gasteiger charge is -2.30. The molecule has 0 bridgehead atoms. The number of rotatable bonds is 6. The number of sulfonamides is 1. The summed E-state index contributed by atoms with van der Waals surface area (Å²) in [6, 6.07) is 6.37. The highest BCUT2D eigenvalue weighted by Crippen LogP contribution is 2.44. The second kappa shape index (κ2) is 9.71. The van der Waals surface area contributed by atoms with Crippen LogP contribution in [0.4, 0.5) is 24.7 Å². The third-order valence-corrected chi connectivity index (χ3v) is 8.88. The molecule has 0 spiro atoms. The Morgan fingerprint density at radius 3 is 2.50 bits per heavy atom. The maximum Gasteiger partial charge on any atom is 0.261 e. The Kier molecular flexibility index (Phi) is 6.70. The van der Waals surface area contributed by atoms with Gasteiger partial charge in [-0.15, -0.1) is 0 Å². The van der Waals surface area contributed by atoms with Gasteiger partial charge in [-0.2, -0.15) is 9.40 Å². The molecule has 3 N–H and O–H groups in total. The zero-order chi connectivity index (χ0) is 27.2. The third-order valence-electron chi connectivity index (χ3n) is 6.88. The van der Waals surface area contributed by atoms with Crippen molar-refractivity contribution in [1.82, 2.24) is 14.5 Å². The Bertz CT molecular complexity index is 1480. The van der Waals surface area contributed by atoms with E-state index in [0.717, 1.165) is 16.4 Å². The highest BCUT2D eigenvalue weighted by atomic mass is 32.2. The van der Waals surface area contributed by atoms with Crippen LogP contribution in [0.3, 0.4) is 0 Å². The predicted octanol–water partition coefficient (Wildman–Crippen LogP) is 4.11. The van der Waals surface area contributed by atoms with Crippen molar-refractivity contribution in [2.45, 2.75) is 49.7 Å². The van der Waals surface area contributed by atoms with E-state index in [1.165, 1.54) is 12.1 Å². The molecule has 2 aliphatic heterocycles. The van der Waals surface area contributed by atoms with Crippen LogP contribution in [0.25, 0.3) is 0 Å². The van der Waals surface area contributed by atoms with E-state index in [1.54, 1.807) is 19.9 Å². The van der Waals surface area contributed by atoms with Crippen LogP contribution in [0, 0.1) is 17.5 Å². The molecule has 1 saturated heterocycles. The number of ether oxygens (including phenoxy) is 1. The highest BCUT2D eigenvalue weighted by Gasteiger charge is 2.48. The second-order valence-corrected chi connectivity index (χ2v) is 11.6. The van der Waals surface area contributed by atoms with Crippen molar-refractivity contribution in [3.63, 3.8) is 0 Å². The Morgan fingerprint density at radius 1 is 1.13 bits per heavy atom. The van der Waals surface area contributed by atoms with Gasteiger partial charge in [0.15, 0.2) is 5.82 Å². The zero-order valence-electron chi connectivity index (χ0n) is 20.6. The summed E-state index contributed by atoms with van der Waals surface area (Å²) in [5, 5.41) is 12.7. The van der Waals surface area contributed by atoms with Crippen LogP contribution in [0.15, 0.2) is 41.3 Å². The van der Waals surface area contributed by atoms with Crippen molar-refractivity contribution < 1.29 is 31.1 Å². The normalized spacial score (nSPS) is 17.8. The first-order chi connectivity index (χ1) is 18.0. The molecule has 0 atom stereocenters. The maximum absolute atomic E-state index is 14.8. The molecule has 1 fully saturated rings. The molecule has 38 heavy (non-hydrogen) atoms. The smallest absolute Gasteiger partial charge is 0.261 e. The summed E-state index contributed by atoms with van der Waals surface area (Å²) in [6.07, 6.45) is 1.41. The van der Waals surface area contributed by atoms with Crippen LogP contribution in [0.2, 0.25) is 0 Å². The van der Waals surface area contributed by atoms with E-state index in [4.69, 9.17) is 4.74 Å². The summed E-state index contributed by atoms with van der Waals surface area (Å²) in [7, 11) is -4.34. The number of aromatic nitrogens is 2. The Labute approximate surface area is 217 Å². The summed E-state index contributed by atoms with van der Waals surface area (Å²) < 4.78 is 75.6. The molecule has 2 aliphatic rings. The van der Waals surface area contributed by atoms with Crippen molar-refractivity contribution in [1.29, 1.82) is 0 Å². The lowest BCUT2D eigenvalue weighted by Crippen LogP contribution is -2.40. The number of nitrogens with one attached hydrogen (secondary N) is 3. The number of amides is 1. The van der Waals surface area contributed by atoms with Gasteiger partial charge < -0.3 is 15.4 Å². The average molecular weight is 550 g/mol. The zero-order valence-corrected chi connectivity index (χ0v) is 21.5. The number of nitrogens with zero attached hydrogens (tertiary/aromatic N) is 2. The number of anilines is 2. The van der Waals surface area contributed by atoms with Crippen molar-refractivity contribution in [3.05, 3.63) is 70.7 Å². The van der Waals surface area contributed by atoms with Crippen LogP contribution < -0.4 is 10.6 Å². The van der Waals surface area contributed by atoms with Gasteiger partial charge in [-0.3, -0.25) is 9.89 Å².